The normalized spacial score (nSPS) is 25.0. The lowest BCUT2D eigenvalue weighted by Crippen LogP contribution is -2.34. The van der Waals surface area contributed by atoms with Crippen molar-refractivity contribution in [2.75, 3.05) is 28.4 Å². The number of carbonyl (C=O) groups excluding carboxylic acids is 3. The van der Waals surface area contributed by atoms with Gasteiger partial charge in [-0.15, -0.1) is 0 Å². The number of amides is 1. The first-order valence-electron chi connectivity index (χ1n) is 20.8. The van der Waals surface area contributed by atoms with E-state index < -0.39 is 30.4 Å². The van der Waals surface area contributed by atoms with Crippen LogP contribution in [-0.2, 0) is 33.3 Å². The number of esters is 1. The van der Waals surface area contributed by atoms with E-state index in [1.165, 1.54) is 30.8 Å². The Morgan fingerprint density at radius 3 is 2.38 bits per heavy atom. The molecule has 1 aliphatic rings. The topological polar surface area (TPSA) is 210 Å². The number of hydrogen-bond acceptors (Lipinski definition) is 15. The molecule has 10 atom stereocenters. The second kappa shape index (κ2) is 24.1. The highest BCUT2D eigenvalue weighted by Gasteiger charge is 2.32. The van der Waals surface area contributed by atoms with Crippen molar-refractivity contribution in [2.24, 2.45) is 23.7 Å². The molecule has 332 valence electrons. The van der Waals surface area contributed by atoms with E-state index in [0.717, 1.165) is 0 Å². The Morgan fingerprint density at radius 2 is 1.67 bits per heavy atom. The summed E-state index contributed by atoms with van der Waals surface area (Å²) < 4.78 is 40.4. The molecule has 10 unspecified atom stereocenters. The molecule has 6 bridgehead atoms. The third-order valence-corrected chi connectivity index (χ3v) is 11.5. The number of aliphatic hydroxyl groups is 2. The second-order valence-electron chi connectivity index (χ2n) is 16.0. The smallest absolute Gasteiger partial charge is 0.308 e. The Bertz CT molecular complexity index is 1820. The third-order valence-electron chi connectivity index (χ3n) is 11.5. The monoisotopic (exact) mass is 840 g/mol. The van der Waals surface area contributed by atoms with Crippen LogP contribution in [0.3, 0.4) is 0 Å². The number of rotatable bonds is 15. The van der Waals surface area contributed by atoms with Crippen LogP contribution in [-0.4, -0.2) is 107 Å². The van der Waals surface area contributed by atoms with Crippen molar-refractivity contribution in [3.8, 4) is 23.2 Å². The Kier molecular flexibility index (Phi) is 19.3. The van der Waals surface area contributed by atoms with E-state index in [0.29, 0.717) is 80.7 Å². The van der Waals surface area contributed by atoms with Gasteiger partial charge in [-0.3, -0.25) is 14.4 Å². The Morgan fingerprint density at radius 1 is 0.967 bits per heavy atom. The van der Waals surface area contributed by atoms with Crippen molar-refractivity contribution in [3.63, 3.8) is 0 Å². The van der Waals surface area contributed by atoms with Gasteiger partial charge in [0.25, 0.3) is 0 Å². The molecule has 0 aliphatic carbocycles. The number of aliphatic hydroxyl groups excluding tert-OH is 2. The predicted molar refractivity (Wildman–Crippen MR) is 221 cm³/mol. The van der Waals surface area contributed by atoms with Gasteiger partial charge in [-0.05, 0) is 62.9 Å². The lowest BCUT2D eigenvalue weighted by atomic mass is 9.86. The maximum absolute atomic E-state index is 13.4. The van der Waals surface area contributed by atoms with E-state index >= 15 is 0 Å². The molecule has 4 rings (SSSR count). The van der Waals surface area contributed by atoms with Crippen LogP contribution in [0.15, 0.2) is 50.4 Å². The van der Waals surface area contributed by atoms with Crippen LogP contribution in [0.2, 0.25) is 0 Å². The van der Waals surface area contributed by atoms with Gasteiger partial charge in [-0.25, -0.2) is 15.0 Å². The maximum Gasteiger partial charge on any atom is 0.308 e. The summed E-state index contributed by atoms with van der Waals surface area (Å²) in [5.74, 6) is -0.561. The minimum absolute atomic E-state index is 0.0476. The van der Waals surface area contributed by atoms with Gasteiger partial charge in [0.1, 0.15) is 42.5 Å². The van der Waals surface area contributed by atoms with Gasteiger partial charge in [0.15, 0.2) is 11.4 Å². The quantitative estimate of drug-likeness (QED) is 0.117. The Hall–Kier alpha value is -4.48. The molecule has 16 heteroatoms. The van der Waals surface area contributed by atoms with Crippen LogP contribution in [0.5, 0.6) is 0 Å². The second-order valence-corrected chi connectivity index (χ2v) is 16.0. The molecule has 0 saturated carbocycles. The number of ketones is 1. The number of Topliss-reactive ketones (excluding diaryl/α,β-unsaturated/α-hetero) is 1. The molecule has 4 heterocycles. The van der Waals surface area contributed by atoms with Crippen molar-refractivity contribution in [2.45, 2.75) is 129 Å². The number of cyclic esters (lactones) is 1. The van der Waals surface area contributed by atoms with E-state index in [1.54, 1.807) is 33.5 Å². The highest BCUT2D eigenvalue weighted by molar-refractivity contribution is 5.81. The van der Waals surface area contributed by atoms with Crippen molar-refractivity contribution in [1.29, 1.82) is 0 Å². The number of aromatic nitrogens is 3. The standard InChI is InChI=1S/C44H64N4O12/c1-27-13-9-10-17-40-45-33(24-57-40)43-47-34(25-59-43)44-46-32(23-58-44)42(56-8)30(4)35(51)15-11-14-31(50)21-41(53)60-39(27)22-38(55-7)28(2)18-19-36(52)29(3)37(54-6)16-12-20-48(5)26-49/h10,12,17,20,23-31,35,37-39,42,50-51H,9,11,13-16,18-19,21-22H2,1-8H3/b17-10+,20-12+. The largest absolute Gasteiger partial charge is 0.462 e. The predicted octanol–water partition coefficient (Wildman–Crippen LogP) is 6.98. The first-order chi connectivity index (χ1) is 28.8. The van der Waals surface area contributed by atoms with Crippen molar-refractivity contribution < 1.29 is 56.8 Å². The van der Waals surface area contributed by atoms with E-state index in [4.69, 9.17) is 32.2 Å². The summed E-state index contributed by atoms with van der Waals surface area (Å²) in [6.07, 6.45) is 12.5. The fraction of sp³-hybridized carbons (Fsp3) is 0.636. The summed E-state index contributed by atoms with van der Waals surface area (Å²) in [7, 11) is 6.36. The fourth-order valence-electron chi connectivity index (χ4n) is 7.44. The number of hydrogen-bond donors (Lipinski definition) is 2. The lowest BCUT2D eigenvalue weighted by Gasteiger charge is -2.31. The van der Waals surface area contributed by atoms with E-state index in [-0.39, 0.29) is 66.3 Å². The van der Waals surface area contributed by atoms with Crippen molar-refractivity contribution in [3.05, 3.63) is 48.7 Å². The zero-order valence-electron chi connectivity index (χ0n) is 36.2. The molecule has 1 amide bonds. The minimum Gasteiger partial charge on any atom is -0.462 e. The van der Waals surface area contributed by atoms with Gasteiger partial charge in [0, 0.05) is 59.3 Å². The molecule has 0 spiro atoms. The van der Waals surface area contributed by atoms with Gasteiger partial charge in [0.2, 0.25) is 24.1 Å². The molecule has 3 aromatic rings. The number of ether oxygens (including phenoxy) is 4. The summed E-state index contributed by atoms with van der Waals surface area (Å²) in [5.41, 5.74) is 1.22. The summed E-state index contributed by atoms with van der Waals surface area (Å²) >= 11 is 0. The van der Waals surface area contributed by atoms with Crippen LogP contribution in [0.1, 0.15) is 110 Å². The van der Waals surface area contributed by atoms with Gasteiger partial charge < -0.3 is 47.3 Å². The molecule has 16 nitrogen and oxygen atoms in total. The van der Waals surface area contributed by atoms with Gasteiger partial charge in [-0.2, -0.15) is 0 Å². The van der Waals surface area contributed by atoms with E-state index in [9.17, 15) is 24.6 Å². The van der Waals surface area contributed by atoms with Gasteiger partial charge in [-0.1, -0.05) is 39.8 Å². The van der Waals surface area contributed by atoms with Crippen LogP contribution in [0.4, 0.5) is 0 Å². The Labute approximate surface area is 352 Å². The van der Waals surface area contributed by atoms with Crippen LogP contribution < -0.4 is 0 Å². The number of oxazole rings is 3. The average molecular weight is 841 g/mol. The molecule has 0 saturated heterocycles. The Balaban J connectivity index is 1.46. The van der Waals surface area contributed by atoms with Crippen LogP contribution >= 0.6 is 0 Å². The van der Waals surface area contributed by atoms with Crippen molar-refractivity contribution in [1.82, 2.24) is 19.9 Å². The molecule has 3 aromatic heterocycles. The SMILES string of the molecule is COC(CC1OC(=O)CC(O)CCCC(O)C(C)C(OC)c2coc(n2)-c2coc(n2)-c2coc(n2)/C=C/CCC1C)C(C)CCC(=O)C(C)C(C/C=C/N(C)C=O)OC. The summed E-state index contributed by atoms with van der Waals surface area (Å²) in [6, 6.07) is 0. The molecular weight excluding hydrogens is 776 g/mol. The summed E-state index contributed by atoms with van der Waals surface area (Å²) in [4.78, 5) is 52.5. The first-order valence-corrected chi connectivity index (χ1v) is 20.8. The molecule has 2 N–H and O–H groups in total. The highest BCUT2D eigenvalue weighted by Crippen LogP contribution is 2.33. The first kappa shape index (κ1) is 48.2. The van der Waals surface area contributed by atoms with Crippen molar-refractivity contribution >= 4 is 24.2 Å². The zero-order valence-corrected chi connectivity index (χ0v) is 36.2. The maximum atomic E-state index is 13.4. The van der Waals surface area contributed by atoms with Gasteiger partial charge in [0.05, 0.1) is 30.8 Å². The molecule has 0 aromatic carbocycles. The highest BCUT2D eigenvalue weighted by atomic mass is 16.5. The lowest BCUT2D eigenvalue weighted by molar-refractivity contribution is -0.156. The number of fused-ring (bicyclic) bond motifs is 8. The number of allylic oxidation sites excluding steroid dienone is 1. The summed E-state index contributed by atoms with van der Waals surface area (Å²) in [5, 5.41) is 22.0. The zero-order chi connectivity index (χ0) is 43.8. The molecule has 0 fully saturated rings. The number of carbonyl (C=O) groups is 3. The molecule has 60 heavy (non-hydrogen) atoms. The van der Waals surface area contributed by atoms with E-state index in [1.807, 2.05) is 39.8 Å². The van der Waals surface area contributed by atoms with Gasteiger partial charge >= 0.3 is 5.97 Å². The molecule has 0 radical (unpaired) electrons. The third kappa shape index (κ3) is 14.0. The van der Waals surface area contributed by atoms with Crippen LogP contribution in [0.25, 0.3) is 29.2 Å². The average Bonchev–Trinajstić information content (AvgIpc) is 4.03. The fourth-order valence-corrected chi connectivity index (χ4v) is 7.44. The minimum atomic E-state index is -0.967. The summed E-state index contributed by atoms with van der Waals surface area (Å²) in [6.45, 7) is 7.74. The van der Waals surface area contributed by atoms with Crippen LogP contribution in [0, 0.1) is 23.7 Å². The number of methoxy groups -OCH3 is 3. The van der Waals surface area contributed by atoms with E-state index in [2.05, 4.69) is 15.0 Å². The number of nitrogens with zero attached hydrogens (tertiary/aromatic N) is 4. The molecule has 1 aliphatic heterocycles. The molecular formula is C44H64N4O12.